The number of rotatable bonds is 2. The Morgan fingerprint density at radius 1 is 1.26 bits per heavy atom. The monoisotopic (exact) mass is 255 g/mol. The van der Waals surface area contributed by atoms with Gasteiger partial charge in [0, 0.05) is 17.1 Å². The van der Waals surface area contributed by atoms with Gasteiger partial charge in [0.25, 0.3) is 0 Å². The van der Waals surface area contributed by atoms with Gasteiger partial charge < -0.3 is 11.1 Å². The van der Waals surface area contributed by atoms with E-state index in [1.807, 2.05) is 18.2 Å². The summed E-state index contributed by atoms with van der Waals surface area (Å²) in [6.07, 6.45) is 3.82. The third-order valence-corrected chi connectivity index (χ3v) is 4.29. The van der Waals surface area contributed by atoms with Gasteiger partial charge in [-0.15, -0.1) is 0 Å². The Morgan fingerprint density at radius 3 is 2.84 bits per heavy atom. The molecule has 1 unspecified atom stereocenters. The summed E-state index contributed by atoms with van der Waals surface area (Å²) >= 11 is 0. The van der Waals surface area contributed by atoms with Crippen LogP contribution >= 0.6 is 0 Å². The number of hydrogen-bond acceptors (Lipinski definition) is 3. The van der Waals surface area contributed by atoms with Gasteiger partial charge in [0.05, 0.1) is 5.52 Å². The lowest BCUT2D eigenvalue weighted by atomic mass is 9.87. The lowest BCUT2D eigenvalue weighted by molar-refractivity contribution is 0.349. The van der Waals surface area contributed by atoms with E-state index in [1.165, 1.54) is 19.3 Å². The van der Waals surface area contributed by atoms with Gasteiger partial charge in [-0.05, 0) is 48.6 Å². The minimum atomic E-state index is 0.359. The third-order valence-electron chi connectivity index (χ3n) is 4.29. The van der Waals surface area contributed by atoms with Crippen LogP contribution in [-0.4, -0.2) is 11.0 Å². The van der Waals surface area contributed by atoms with Gasteiger partial charge in [0.15, 0.2) is 0 Å². The molecule has 0 saturated heterocycles. The number of pyridine rings is 1. The maximum atomic E-state index is 5.79. The van der Waals surface area contributed by atoms with E-state index in [2.05, 4.69) is 36.3 Å². The van der Waals surface area contributed by atoms with Gasteiger partial charge in [0.1, 0.15) is 5.82 Å². The number of anilines is 2. The predicted molar refractivity (Wildman–Crippen MR) is 81.2 cm³/mol. The van der Waals surface area contributed by atoms with Crippen molar-refractivity contribution in [2.75, 3.05) is 11.1 Å². The summed E-state index contributed by atoms with van der Waals surface area (Å²) in [7, 11) is 0. The van der Waals surface area contributed by atoms with E-state index >= 15 is 0 Å². The highest BCUT2D eigenvalue weighted by Crippen LogP contribution is 2.38. The average molecular weight is 255 g/mol. The number of nitrogens with two attached hydrogens (primary N) is 1. The molecule has 0 amide bonds. The second-order valence-corrected chi connectivity index (χ2v) is 6.23. The maximum Gasteiger partial charge on any atom is 0.126 e. The number of nitrogen functional groups attached to an aromatic ring is 1. The molecule has 1 atom stereocenters. The van der Waals surface area contributed by atoms with Crippen molar-refractivity contribution in [3.05, 3.63) is 30.3 Å². The van der Waals surface area contributed by atoms with Crippen molar-refractivity contribution >= 4 is 22.4 Å². The lowest BCUT2D eigenvalue weighted by Gasteiger charge is -2.28. The first-order valence-electron chi connectivity index (χ1n) is 6.97. The standard InChI is InChI=1S/C16H21N3/c1-16(2)9-3-4-14(16)19-15-8-5-11-10-12(17)6-7-13(11)18-15/h5-8,10,14H,3-4,9,17H2,1-2H3,(H,18,19). The average Bonchev–Trinajstić information content (AvgIpc) is 2.69. The Bertz CT molecular complexity index is 604. The first kappa shape index (κ1) is 12.3. The quantitative estimate of drug-likeness (QED) is 0.802. The normalized spacial score (nSPS) is 21.7. The Hall–Kier alpha value is -1.77. The van der Waals surface area contributed by atoms with Crippen molar-refractivity contribution in [1.29, 1.82) is 0 Å². The van der Waals surface area contributed by atoms with E-state index in [0.29, 0.717) is 11.5 Å². The second-order valence-electron chi connectivity index (χ2n) is 6.23. The number of nitrogens with one attached hydrogen (secondary N) is 1. The number of nitrogens with zero attached hydrogens (tertiary/aromatic N) is 1. The van der Waals surface area contributed by atoms with Crippen LogP contribution in [0.3, 0.4) is 0 Å². The molecule has 19 heavy (non-hydrogen) atoms. The zero-order valence-electron chi connectivity index (χ0n) is 11.6. The Labute approximate surface area is 114 Å². The van der Waals surface area contributed by atoms with Crippen molar-refractivity contribution in [2.45, 2.75) is 39.2 Å². The molecule has 2 aromatic rings. The summed E-state index contributed by atoms with van der Waals surface area (Å²) in [6, 6.07) is 10.5. The van der Waals surface area contributed by atoms with Crippen LogP contribution in [0.5, 0.6) is 0 Å². The lowest BCUT2D eigenvalue weighted by Crippen LogP contribution is -2.31. The summed E-state index contributed by atoms with van der Waals surface area (Å²) in [5.74, 6) is 0.970. The molecule has 0 radical (unpaired) electrons. The minimum absolute atomic E-state index is 0.359. The summed E-state index contributed by atoms with van der Waals surface area (Å²) in [5.41, 5.74) is 7.92. The molecule has 3 nitrogen and oxygen atoms in total. The van der Waals surface area contributed by atoms with Gasteiger partial charge in [-0.2, -0.15) is 0 Å². The Morgan fingerprint density at radius 2 is 2.11 bits per heavy atom. The maximum absolute atomic E-state index is 5.79. The van der Waals surface area contributed by atoms with Crippen LogP contribution in [0.4, 0.5) is 11.5 Å². The zero-order valence-corrected chi connectivity index (χ0v) is 11.6. The van der Waals surface area contributed by atoms with E-state index in [9.17, 15) is 0 Å². The highest BCUT2D eigenvalue weighted by Gasteiger charge is 2.34. The van der Waals surface area contributed by atoms with Gasteiger partial charge in [-0.25, -0.2) is 4.98 Å². The zero-order chi connectivity index (χ0) is 13.5. The second kappa shape index (κ2) is 4.41. The van der Waals surface area contributed by atoms with Crippen LogP contribution in [0.25, 0.3) is 10.9 Å². The van der Waals surface area contributed by atoms with Gasteiger partial charge in [-0.1, -0.05) is 20.3 Å². The van der Waals surface area contributed by atoms with Crippen LogP contribution in [0, 0.1) is 5.41 Å². The Balaban J connectivity index is 1.87. The van der Waals surface area contributed by atoms with Crippen LogP contribution in [0.2, 0.25) is 0 Å². The number of hydrogen-bond donors (Lipinski definition) is 2. The fraction of sp³-hybridized carbons (Fsp3) is 0.438. The van der Waals surface area contributed by atoms with Crippen molar-refractivity contribution in [3.63, 3.8) is 0 Å². The predicted octanol–water partition coefficient (Wildman–Crippen LogP) is 3.81. The molecule has 1 aromatic carbocycles. The summed E-state index contributed by atoms with van der Waals surface area (Å²) in [4.78, 5) is 4.68. The van der Waals surface area contributed by atoms with Crippen molar-refractivity contribution < 1.29 is 0 Å². The van der Waals surface area contributed by atoms with E-state index in [-0.39, 0.29) is 0 Å². The molecule has 1 fully saturated rings. The molecular formula is C16H21N3. The molecule has 1 saturated carbocycles. The molecule has 100 valence electrons. The molecular weight excluding hydrogens is 234 g/mol. The first-order chi connectivity index (χ1) is 9.04. The van der Waals surface area contributed by atoms with Crippen LogP contribution in [-0.2, 0) is 0 Å². The van der Waals surface area contributed by atoms with Crippen molar-refractivity contribution in [1.82, 2.24) is 4.98 Å². The fourth-order valence-corrected chi connectivity index (χ4v) is 3.00. The van der Waals surface area contributed by atoms with Crippen molar-refractivity contribution in [3.8, 4) is 0 Å². The Kier molecular flexibility index (Phi) is 2.85. The molecule has 1 aromatic heterocycles. The van der Waals surface area contributed by atoms with Gasteiger partial charge >= 0.3 is 0 Å². The van der Waals surface area contributed by atoms with Gasteiger partial charge in [0.2, 0.25) is 0 Å². The van der Waals surface area contributed by atoms with Gasteiger partial charge in [-0.3, -0.25) is 0 Å². The molecule has 0 bridgehead atoms. The largest absolute Gasteiger partial charge is 0.399 e. The minimum Gasteiger partial charge on any atom is -0.399 e. The number of benzene rings is 1. The van der Waals surface area contributed by atoms with E-state index in [4.69, 9.17) is 5.73 Å². The fourth-order valence-electron chi connectivity index (χ4n) is 3.00. The van der Waals surface area contributed by atoms with Crippen LogP contribution in [0.1, 0.15) is 33.1 Å². The number of aromatic nitrogens is 1. The summed E-state index contributed by atoms with van der Waals surface area (Å²) in [5, 5.41) is 4.69. The van der Waals surface area contributed by atoms with E-state index in [1.54, 1.807) is 0 Å². The van der Waals surface area contributed by atoms with E-state index < -0.39 is 0 Å². The molecule has 1 heterocycles. The first-order valence-corrected chi connectivity index (χ1v) is 6.97. The highest BCUT2D eigenvalue weighted by atomic mass is 15.0. The van der Waals surface area contributed by atoms with Crippen LogP contribution in [0.15, 0.2) is 30.3 Å². The van der Waals surface area contributed by atoms with Crippen LogP contribution < -0.4 is 11.1 Å². The highest BCUT2D eigenvalue weighted by molar-refractivity contribution is 5.83. The summed E-state index contributed by atoms with van der Waals surface area (Å²) in [6.45, 7) is 4.67. The smallest absolute Gasteiger partial charge is 0.126 e. The molecule has 1 aliphatic rings. The number of fused-ring (bicyclic) bond motifs is 1. The van der Waals surface area contributed by atoms with Crippen molar-refractivity contribution in [2.24, 2.45) is 5.41 Å². The SMILES string of the molecule is CC1(C)CCCC1Nc1ccc2cc(N)ccc2n1. The summed E-state index contributed by atoms with van der Waals surface area (Å²) < 4.78 is 0. The molecule has 3 N–H and O–H groups in total. The van der Waals surface area contributed by atoms with E-state index in [0.717, 1.165) is 22.4 Å². The molecule has 0 spiro atoms. The molecule has 1 aliphatic carbocycles. The molecule has 3 rings (SSSR count). The topological polar surface area (TPSA) is 50.9 Å². The molecule has 3 heteroatoms. The molecule has 0 aliphatic heterocycles. The third kappa shape index (κ3) is 2.37.